The van der Waals surface area contributed by atoms with E-state index in [1.54, 1.807) is 0 Å². The molecule has 1 aromatic heterocycles. The van der Waals surface area contributed by atoms with E-state index in [-0.39, 0.29) is 15.6 Å². The van der Waals surface area contributed by atoms with Crippen LogP contribution >= 0.6 is 12.6 Å². The van der Waals surface area contributed by atoms with E-state index in [0.717, 1.165) is 18.7 Å². The molecule has 23 heavy (non-hydrogen) atoms. The average Bonchev–Trinajstić information content (AvgIpc) is 2.93. The van der Waals surface area contributed by atoms with E-state index in [9.17, 15) is 0 Å². The van der Waals surface area contributed by atoms with Crippen LogP contribution in [0.25, 0.3) is 0 Å². The predicted octanol–water partition coefficient (Wildman–Crippen LogP) is 6.51. The number of aromatic amines is 1. The number of thiol groups is 1. The molecule has 0 atom stereocenters. The summed E-state index contributed by atoms with van der Waals surface area (Å²) in [5.74, 6) is 1.05. The average molecular weight is 339 g/mol. The molecule has 0 bridgehead atoms. The number of aromatic nitrogens is 2. The minimum absolute atomic E-state index is 0.0439. The van der Waals surface area contributed by atoms with Crippen molar-refractivity contribution in [1.29, 1.82) is 0 Å². The summed E-state index contributed by atoms with van der Waals surface area (Å²) >= 11 is 4.95. The van der Waals surface area contributed by atoms with Crippen LogP contribution in [0.15, 0.2) is 0 Å². The number of nitrogens with one attached hydrogen (secondary N) is 1. The molecule has 0 aliphatic heterocycles. The molecule has 134 valence electrons. The first kappa shape index (κ1) is 20.6. The van der Waals surface area contributed by atoms with E-state index in [2.05, 4.69) is 60.4 Å². The van der Waals surface area contributed by atoms with Crippen LogP contribution in [-0.4, -0.2) is 9.97 Å². The van der Waals surface area contributed by atoms with Crippen molar-refractivity contribution in [2.45, 2.75) is 109 Å². The fourth-order valence-corrected chi connectivity index (χ4v) is 3.26. The van der Waals surface area contributed by atoms with Crippen molar-refractivity contribution in [2.24, 2.45) is 0 Å². The van der Waals surface area contributed by atoms with E-state index in [4.69, 9.17) is 17.6 Å². The van der Waals surface area contributed by atoms with Gasteiger partial charge in [-0.05, 0) is 19.3 Å². The highest BCUT2D eigenvalue weighted by Crippen LogP contribution is 2.40. The van der Waals surface area contributed by atoms with Crippen LogP contribution < -0.4 is 0 Å². The van der Waals surface area contributed by atoms with Gasteiger partial charge in [0.1, 0.15) is 5.82 Å². The summed E-state index contributed by atoms with van der Waals surface area (Å²) in [6.07, 6.45) is 7.01. The first-order valence-electron chi connectivity index (χ1n) is 9.35. The summed E-state index contributed by atoms with van der Waals surface area (Å²) in [6, 6.07) is 0. The molecule has 3 heteroatoms. The lowest BCUT2D eigenvalue weighted by molar-refractivity contribution is 0.424. The van der Waals surface area contributed by atoms with Gasteiger partial charge in [-0.15, -0.1) is 0 Å². The number of H-pyrrole nitrogens is 1. The monoisotopic (exact) mass is 338 g/mol. The number of rotatable bonds is 8. The van der Waals surface area contributed by atoms with Gasteiger partial charge < -0.3 is 4.98 Å². The molecule has 0 aliphatic rings. The zero-order chi connectivity index (χ0) is 17.9. The number of hydrogen-bond donors (Lipinski definition) is 2. The van der Waals surface area contributed by atoms with Gasteiger partial charge in [-0.1, -0.05) is 74.7 Å². The van der Waals surface area contributed by atoms with Gasteiger partial charge in [-0.2, -0.15) is 12.6 Å². The zero-order valence-corrected chi connectivity index (χ0v) is 17.5. The molecule has 0 radical (unpaired) electrons. The normalized spacial score (nSPS) is 13.6. The third-order valence-electron chi connectivity index (χ3n) is 5.11. The van der Waals surface area contributed by atoms with Gasteiger partial charge >= 0.3 is 0 Å². The van der Waals surface area contributed by atoms with E-state index in [0.29, 0.717) is 0 Å². The molecular weight excluding hydrogens is 300 g/mol. The van der Waals surface area contributed by atoms with Crippen molar-refractivity contribution in [3.63, 3.8) is 0 Å². The number of unbranched alkanes of at least 4 members (excludes halogenated alkanes) is 2. The second-order valence-corrected chi connectivity index (χ2v) is 9.49. The largest absolute Gasteiger partial charge is 0.344 e. The Kier molecular flexibility index (Phi) is 6.84. The molecule has 0 fully saturated rings. The van der Waals surface area contributed by atoms with Gasteiger partial charge in [-0.25, -0.2) is 4.98 Å². The Bertz CT molecular complexity index is 490. The lowest BCUT2D eigenvalue weighted by atomic mass is 9.78. The van der Waals surface area contributed by atoms with Crippen molar-refractivity contribution in [3.05, 3.63) is 17.2 Å². The summed E-state index contributed by atoms with van der Waals surface area (Å²) in [6.45, 7) is 18.1. The minimum Gasteiger partial charge on any atom is -0.344 e. The summed E-state index contributed by atoms with van der Waals surface area (Å²) in [5.41, 5.74) is 2.70. The maximum atomic E-state index is 5.06. The third kappa shape index (κ3) is 4.78. The second-order valence-electron chi connectivity index (χ2n) is 8.64. The Hall–Kier alpha value is -0.440. The Balaban J connectivity index is 3.32. The van der Waals surface area contributed by atoms with Crippen molar-refractivity contribution < 1.29 is 0 Å². The number of nitrogens with zero attached hydrogens (tertiary/aromatic N) is 1. The van der Waals surface area contributed by atoms with Crippen molar-refractivity contribution in [2.75, 3.05) is 0 Å². The van der Waals surface area contributed by atoms with Crippen molar-refractivity contribution >= 4 is 12.6 Å². The fourth-order valence-electron chi connectivity index (χ4n) is 3.15. The number of hydrogen-bond acceptors (Lipinski definition) is 2. The van der Waals surface area contributed by atoms with Crippen molar-refractivity contribution in [3.8, 4) is 0 Å². The summed E-state index contributed by atoms with van der Waals surface area (Å²) in [5, 5.41) is 0. The molecule has 0 aromatic carbocycles. The van der Waals surface area contributed by atoms with Crippen LogP contribution in [0.3, 0.4) is 0 Å². The smallest absolute Gasteiger partial charge is 0.122 e. The summed E-state index contributed by atoms with van der Waals surface area (Å²) < 4.78 is -0.155. The summed E-state index contributed by atoms with van der Waals surface area (Å²) in [4.78, 5) is 8.77. The van der Waals surface area contributed by atoms with Crippen LogP contribution in [0.5, 0.6) is 0 Å². The Labute approximate surface area is 149 Å². The Morgan fingerprint density at radius 1 is 0.957 bits per heavy atom. The highest BCUT2D eigenvalue weighted by atomic mass is 32.1. The molecule has 2 nitrogen and oxygen atoms in total. The summed E-state index contributed by atoms with van der Waals surface area (Å²) in [7, 11) is 0. The van der Waals surface area contributed by atoms with Gasteiger partial charge in [0.05, 0.1) is 10.4 Å². The Morgan fingerprint density at radius 2 is 1.52 bits per heavy atom. The van der Waals surface area contributed by atoms with Crippen LogP contribution in [0, 0.1) is 0 Å². The standard InChI is InChI=1S/C20H38N2S/c1-9-12-13-14-19(7,8)16-15(18(4,5)6)21-17(22-16)20(23,10-2)11-3/h23H,9-14H2,1-8H3,(H,21,22). The van der Waals surface area contributed by atoms with E-state index in [1.807, 2.05) is 0 Å². The van der Waals surface area contributed by atoms with Crippen LogP contribution in [0.2, 0.25) is 0 Å². The van der Waals surface area contributed by atoms with Gasteiger partial charge in [0.25, 0.3) is 0 Å². The molecule has 0 saturated carbocycles. The quantitative estimate of drug-likeness (QED) is 0.410. The highest BCUT2D eigenvalue weighted by Gasteiger charge is 2.36. The third-order valence-corrected chi connectivity index (χ3v) is 5.95. The lowest BCUT2D eigenvalue weighted by Crippen LogP contribution is -2.24. The molecule has 1 N–H and O–H groups in total. The van der Waals surface area contributed by atoms with Gasteiger partial charge in [0, 0.05) is 16.5 Å². The predicted molar refractivity (Wildman–Crippen MR) is 106 cm³/mol. The molecule has 1 aromatic rings. The topological polar surface area (TPSA) is 28.7 Å². The van der Waals surface area contributed by atoms with Gasteiger partial charge in [-0.3, -0.25) is 0 Å². The van der Waals surface area contributed by atoms with Crippen LogP contribution in [0.4, 0.5) is 0 Å². The highest BCUT2D eigenvalue weighted by molar-refractivity contribution is 7.81. The first-order valence-corrected chi connectivity index (χ1v) is 9.80. The van der Waals surface area contributed by atoms with E-state index < -0.39 is 0 Å². The molecule has 1 heterocycles. The molecule has 0 amide bonds. The van der Waals surface area contributed by atoms with Crippen LogP contribution in [0.1, 0.15) is 111 Å². The van der Waals surface area contributed by atoms with E-state index >= 15 is 0 Å². The fraction of sp³-hybridized carbons (Fsp3) is 0.850. The minimum atomic E-state index is -0.155. The first-order chi connectivity index (χ1) is 10.5. The Morgan fingerprint density at radius 3 is 1.96 bits per heavy atom. The maximum Gasteiger partial charge on any atom is 0.122 e. The molecule has 1 rings (SSSR count). The SMILES string of the molecule is CCCCCC(C)(C)c1[nH]c(C(S)(CC)CC)nc1C(C)(C)C. The molecule has 0 unspecified atom stereocenters. The van der Waals surface area contributed by atoms with Gasteiger partial charge in [0.15, 0.2) is 0 Å². The zero-order valence-electron chi connectivity index (χ0n) is 16.6. The van der Waals surface area contributed by atoms with E-state index in [1.165, 1.54) is 37.1 Å². The van der Waals surface area contributed by atoms with Gasteiger partial charge in [0.2, 0.25) is 0 Å². The molecule has 0 aliphatic carbocycles. The lowest BCUT2D eigenvalue weighted by Gasteiger charge is -2.28. The van der Waals surface area contributed by atoms with Crippen molar-refractivity contribution in [1.82, 2.24) is 9.97 Å². The maximum absolute atomic E-state index is 5.06. The second kappa shape index (κ2) is 7.63. The van der Waals surface area contributed by atoms with Crippen LogP contribution in [-0.2, 0) is 15.6 Å². The number of imidazole rings is 1. The molecular formula is C20H38N2S. The molecule has 0 spiro atoms. The molecule has 0 saturated heterocycles.